The van der Waals surface area contributed by atoms with Crippen LogP contribution in [-0.2, 0) is 18.3 Å². The van der Waals surface area contributed by atoms with Crippen molar-refractivity contribution < 1.29 is 4.74 Å². The summed E-state index contributed by atoms with van der Waals surface area (Å²) >= 11 is 0. The largest absolute Gasteiger partial charge is 0.379 e. The van der Waals surface area contributed by atoms with Crippen molar-refractivity contribution >= 4 is 0 Å². The molecule has 0 aromatic carbocycles. The molecule has 0 bridgehead atoms. The smallest absolute Gasteiger partial charge is 0.122 e. The Hall–Kier alpha value is -0.870. The highest BCUT2D eigenvalue weighted by Crippen LogP contribution is 2.06. The molecular weight excluding hydrogens is 202 g/mol. The number of rotatable bonds is 2. The van der Waals surface area contributed by atoms with Gasteiger partial charge >= 0.3 is 0 Å². The van der Waals surface area contributed by atoms with Crippen LogP contribution in [0.3, 0.4) is 0 Å². The number of aromatic nitrogens is 2. The number of hydrogen-bond donors (Lipinski definition) is 0. The van der Waals surface area contributed by atoms with E-state index in [-0.39, 0.29) is 0 Å². The van der Waals surface area contributed by atoms with Crippen LogP contribution in [-0.4, -0.2) is 40.8 Å². The van der Waals surface area contributed by atoms with E-state index in [4.69, 9.17) is 4.74 Å². The second kappa shape index (κ2) is 6.66. The normalized spacial score (nSPS) is 16.8. The molecule has 16 heavy (non-hydrogen) atoms. The summed E-state index contributed by atoms with van der Waals surface area (Å²) in [7, 11) is 2.07. The van der Waals surface area contributed by atoms with Gasteiger partial charge in [-0.3, -0.25) is 4.90 Å². The molecule has 4 heteroatoms. The minimum Gasteiger partial charge on any atom is -0.379 e. The van der Waals surface area contributed by atoms with Crippen LogP contribution in [0.15, 0.2) is 6.20 Å². The first-order valence-corrected chi connectivity index (χ1v) is 6.04. The van der Waals surface area contributed by atoms with E-state index in [9.17, 15) is 0 Å². The molecule has 0 spiro atoms. The summed E-state index contributed by atoms with van der Waals surface area (Å²) in [5, 5.41) is 0. The maximum absolute atomic E-state index is 5.30. The summed E-state index contributed by atoms with van der Waals surface area (Å²) in [5.74, 6) is 1.14. The SMILES string of the molecule is CC.Cc1cnc(CN2CCOCC2)n1C. The third-order valence-electron chi connectivity index (χ3n) is 2.79. The number of morpholine rings is 1. The summed E-state index contributed by atoms with van der Waals surface area (Å²) < 4.78 is 7.45. The Bertz CT molecular complexity index is 303. The fourth-order valence-electron chi connectivity index (χ4n) is 1.65. The van der Waals surface area contributed by atoms with Crippen LogP contribution in [0.25, 0.3) is 0 Å². The van der Waals surface area contributed by atoms with Crippen LogP contribution in [0.2, 0.25) is 0 Å². The van der Waals surface area contributed by atoms with E-state index in [1.54, 1.807) is 0 Å². The van der Waals surface area contributed by atoms with Crippen molar-refractivity contribution in [3.05, 3.63) is 17.7 Å². The van der Waals surface area contributed by atoms with Crippen LogP contribution in [0, 0.1) is 6.92 Å². The molecule has 0 N–H and O–H groups in total. The Morgan fingerprint density at radius 1 is 1.31 bits per heavy atom. The van der Waals surface area contributed by atoms with Crippen molar-refractivity contribution in [3.63, 3.8) is 0 Å². The minimum atomic E-state index is 0.851. The van der Waals surface area contributed by atoms with Gasteiger partial charge in [0.2, 0.25) is 0 Å². The molecular formula is C12H23N3O. The van der Waals surface area contributed by atoms with Crippen molar-refractivity contribution in [1.82, 2.24) is 14.5 Å². The molecule has 0 amide bonds. The third kappa shape index (κ3) is 3.32. The molecule has 92 valence electrons. The first-order valence-electron chi connectivity index (χ1n) is 6.04. The topological polar surface area (TPSA) is 30.3 Å². The molecule has 0 saturated carbocycles. The van der Waals surface area contributed by atoms with Gasteiger partial charge in [-0.25, -0.2) is 4.98 Å². The monoisotopic (exact) mass is 225 g/mol. The number of hydrogen-bond acceptors (Lipinski definition) is 3. The second-order valence-corrected chi connectivity index (χ2v) is 3.76. The van der Waals surface area contributed by atoms with Crippen LogP contribution in [0.1, 0.15) is 25.4 Å². The lowest BCUT2D eigenvalue weighted by Crippen LogP contribution is -2.36. The van der Waals surface area contributed by atoms with E-state index >= 15 is 0 Å². The number of nitrogens with zero attached hydrogens (tertiary/aromatic N) is 3. The van der Waals surface area contributed by atoms with Crippen LogP contribution in [0.4, 0.5) is 0 Å². The quantitative estimate of drug-likeness (QED) is 0.765. The van der Waals surface area contributed by atoms with Gasteiger partial charge in [0.15, 0.2) is 0 Å². The lowest BCUT2D eigenvalue weighted by molar-refractivity contribution is 0.0327. The van der Waals surface area contributed by atoms with Gasteiger partial charge in [0.05, 0.1) is 19.8 Å². The molecule has 1 saturated heterocycles. The molecule has 0 atom stereocenters. The van der Waals surface area contributed by atoms with Gasteiger partial charge < -0.3 is 9.30 Å². The molecule has 1 aromatic heterocycles. The van der Waals surface area contributed by atoms with Crippen molar-refractivity contribution in [2.45, 2.75) is 27.3 Å². The van der Waals surface area contributed by atoms with Gasteiger partial charge in [0, 0.05) is 32.0 Å². The number of ether oxygens (including phenoxy) is 1. The van der Waals surface area contributed by atoms with Crippen LogP contribution < -0.4 is 0 Å². The summed E-state index contributed by atoms with van der Waals surface area (Å²) in [6.45, 7) is 10.8. The van der Waals surface area contributed by atoms with Crippen LogP contribution in [0.5, 0.6) is 0 Å². The number of aryl methyl sites for hydroxylation is 1. The van der Waals surface area contributed by atoms with Crippen molar-refractivity contribution in [3.8, 4) is 0 Å². The Morgan fingerprint density at radius 3 is 2.44 bits per heavy atom. The van der Waals surface area contributed by atoms with Gasteiger partial charge in [-0.2, -0.15) is 0 Å². The van der Waals surface area contributed by atoms with Gasteiger partial charge in [0.25, 0.3) is 0 Å². The fourth-order valence-corrected chi connectivity index (χ4v) is 1.65. The predicted molar refractivity (Wildman–Crippen MR) is 65.4 cm³/mol. The van der Waals surface area contributed by atoms with E-state index in [2.05, 4.69) is 28.4 Å². The van der Waals surface area contributed by atoms with Crippen molar-refractivity contribution in [2.75, 3.05) is 26.3 Å². The Kier molecular flexibility index (Phi) is 5.49. The van der Waals surface area contributed by atoms with Gasteiger partial charge in [0.1, 0.15) is 5.82 Å². The first-order chi connectivity index (χ1) is 7.77. The van der Waals surface area contributed by atoms with E-state index in [0.717, 1.165) is 38.7 Å². The molecule has 1 aliphatic heterocycles. The molecule has 2 heterocycles. The molecule has 0 unspecified atom stereocenters. The van der Waals surface area contributed by atoms with Crippen LogP contribution >= 0.6 is 0 Å². The molecule has 1 aliphatic rings. The molecule has 2 rings (SSSR count). The minimum absolute atomic E-state index is 0.851. The highest BCUT2D eigenvalue weighted by atomic mass is 16.5. The van der Waals surface area contributed by atoms with Gasteiger partial charge in [-0.15, -0.1) is 0 Å². The maximum atomic E-state index is 5.30. The average molecular weight is 225 g/mol. The van der Waals surface area contributed by atoms with Gasteiger partial charge in [-0.1, -0.05) is 13.8 Å². The third-order valence-corrected chi connectivity index (χ3v) is 2.79. The number of imidazole rings is 1. The standard InChI is InChI=1S/C10H17N3O.C2H6/c1-9-7-11-10(12(9)2)8-13-3-5-14-6-4-13;1-2/h7H,3-6,8H2,1-2H3;1-2H3. The molecule has 1 fully saturated rings. The highest BCUT2D eigenvalue weighted by molar-refractivity contribution is 5.02. The first kappa shape index (κ1) is 13.2. The molecule has 0 radical (unpaired) electrons. The lowest BCUT2D eigenvalue weighted by Gasteiger charge is -2.26. The summed E-state index contributed by atoms with van der Waals surface area (Å²) in [4.78, 5) is 6.77. The zero-order valence-corrected chi connectivity index (χ0v) is 10.9. The second-order valence-electron chi connectivity index (χ2n) is 3.76. The van der Waals surface area contributed by atoms with E-state index in [1.807, 2.05) is 20.0 Å². The Morgan fingerprint density at radius 2 is 1.94 bits per heavy atom. The average Bonchev–Trinajstić information content (AvgIpc) is 2.65. The molecule has 1 aromatic rings. The zero-order chi connectivity index (χ0) is 12.0. The van der Waals surface area contributed by atoms with E-state index < -0.39 is 0 Å². The predicted octanol–water partition coefficient (Wildman–Crippen LogP) is 1.59. The fraction of sp³-hybridized carbons (Fsp3) is 0.750. The molecule has 0 aliphatic carbocycles. The summed E-state index contributed by atoms with van der Waals surface area (Å²) in [5.41, 5.74) is 1.22. The molecule has 4 nitrogen and oxygen atoms in total. The lowest BCUT2D eigenvalue weighted by atomic mass is 10.4. The Balaban J connectivity index is 0.000000606. The highest BCUT2D eigenvalue weighted by Gasteiger charge is 2.13. The van der Waals surface area contributed by atoms with Gasteiger partial charge in [-0.05, 0) is 6.92 Å². The van der Waals surface area contributed by atoms with Crippen molar-refractivity contribution in [1.29, 1.82) is 0 Å². The van der Waals surface area contributed by atoms with Crippen molar-refractivity contribution in [2.24, 2.45) is 7.05 Å². The van der Waals surface area contributed by atoms with E-state index in [0.29, 0.717) is 0 Å². The Labute approximate surface area is 98.2 Å². The summed E-state index contributed by atoms with van der Waals surface area (Å²) in [6.07, 6.45) is 1.93. The maximum Gasteiger partial charge on any atom is 0.122 e. The zero-order valence-electron chi connectivity index (χ0n) is 10.9. The summed E-state index contributed by atoms with van der Waals surface area (Å²) in [6, 6.07) is 0. The van der Waals surface area contributed by atoms with E-state index in [1.165, 1.54) is 5.69 Å².